The van der Waals surface area contributed by atoms with E-state index in [2.05, 4.69) is 112 Å². The van der Waals surface area contributed by atoms with Crippen molar-refractivity contribution in [1.82, 2.24) is 4.98 Å². The van der Waals surface area contributed by atoms with Gasteiger partial charge in [0.05, 0.1) is 5.76 Å². The van der Waals surface area contributed by atoms with Gasteiger partial charge in [-0.05, 0) is 74.5 Å². The van der Waals surface area contributed by atoms with Crippen LogP contribution >= 0.6 is 11.8 Å². The number of hydrogen-bond acceptors (Lipinski definition) is 4. The van der Waals surface area contributed by atoms with Crippen molar-refractivity contribution in [3.8, 4) is 33.5 Å². The zero-order chi connectivity index (χ0) is 33.7. The summed E-state index contributed by atoms with van der Waals surface area (Å²) in [6.07, 6.45) is 5.45. The molecule has 1 aromatic heterocycles. The number of aliphatic hydroxyl groups excluding tert-OH is 1. The summed E-state index contributed by atoms with van der Waals surface area (Å²) in [6, 6.07) is 34.3. The molecule has 0 aliphatic carbocycles. The van der Waals surface area contributed by atoms with E-state index in [1.54, 1.807) is 0 Å². The van der Waals surface area contributed by atoms with Crippen molar-refractivity contribution in [2.24, 2.45) is 17.3 Å². The van der Waals surface area contributed by atoms with E-state index >= 15 is 0 Å². The van der Waals surface area contributed by atoms with Gasteiger partial charge in [-0.15, -0.1) is 35.5 Å². The number of allylic oxidation sites excluding steroid dienone is 2. The van der Waals surface area contributed by atoms with Gasteiger partial charge in [-0.1, -0.05) is 120 Å². The van der Waals surface area contributed by atoms with Crippen LogP contribution in [-0.4, -0.2) is 15.9 Å². The fourth-order valence-electron chi connectivity index (χ4n) is 6.05. The first-order valence-corrected chi connectivity index (χ1v) is 17.4. The number of ketones is 1. The number of nitrogens with zero attached hydrogens (tertiary/aromatic N) is 1. The number of fused-ring (bicyclic) bond motifs is 6. The minimum Gasteiger partial charge on any atom is -0.512 e. The second kappa shape index (κ2) is 16.3. The Balaban J connectivity index is 0.000000319. The Hall–Kier alpha value is -3.50. The zero-order valence-electron chi connectivity index (χ0n) is 29.1. The van der Waals surface area contributed by atoms with Gasteiger partial charge in [0, 0.05) is 50.1 Å². The van der Waals surface area contributed by atoms with Crippen LogP contribution in [0.15, 0.2) is 113 Å². The summed E-state index contributed by atoms with van der Waals surface area (Å²) in [4.78, 5) is 18.5. The molecule has 1 aliphatic heterocycles. The van der Waals surface area contributed by atoms with Crippen molar-refractivity contribution in [2.45, 2.75) is 77.5 Å². The van der Waals surface area contributed by atoms with Gasteiger partial charge < -0.3 is 10.1 Å². The SMILES string of the molecule is CC(C)(C)Cc1ccc2c(-c3[c-]cc4c(c3)-c3ccccc3-c3ccccc3S4)nccc2c1.CC(C)CC(=O)/C=C(\O)CC(C)C.[Ir]. The van der Waals surface area contributed by atoms with Crippen molar-refractivity contribution in [1.29, 1.82) is 0 Å². The Kier molecular flexibility index (Phi) is 12.6. The van der Waals surface area contributed by atoms with E-state index in [9.17, 15) is 9.90 Å². The standard InChI is InChI=1S/C32H26NS.C11H20O2.Ir/c1-32(2,3)20-21-12-14-24-22(18-21)16-17-33-31(24)23-13-15-30-28(19-23)26-9-5-4-8-25(26)27-10-6-7-11-29(27)34-30;1-8(2)5-10(12)7-11(13)6-9(3)4;/h4-12,14-19H,20H2,1-3H3;7-9,12H,5-6H2,1-4H3;/q-1;;/b;10-7-;. The fraction of sp³-hybridized carbons (Fsp3) is 0.302. The Bertz CT molecular complexity index is 1920. The van der Waals surface area contributed by atoms with Crippen LogP contribution in [-0.2, 0) is 31.3 Å². The first kappa shape index (κ1) is 37.3. The van der Waals surface area contributed by atoms with E-state index in [-0.39, 0.29) is 37.1 Å². The van der Waals surface area contributed by atoms with Crippen LogP contribution < -0.4 is 0 Å². The number of benzene rings is 4. The van der Waals surface area contributed by atoms with E-state index < -0.39 is 0 Å². The van der Waals surface area contributed by atoms with Gasteiger partial charge in [-0.3, -0.25) is 4.79 Å². The average molecular weight is 833 g/mol. The molecule has 0 saturated carbocycles. The third-order valence-corrected chi connectivity index (χ3v) is 9.03. The molecule has 0 unspecified atom stereocenters. The van der Waals surface area contributed by atoms with E-state index in [1.807, 2.05) is 45.7 Å². The van der Waals surface area contributed by atoms with Crippen LogP contribution in [0, 0.1) is 23.3 Å². The van der Waals surface area contributed by atoms with Crippen LogP contribution in [0.3, 0.4) is 0 Å². The molecule has 6 rings (SSSR count). The van der Waals surface area contributed by atoms with E-state index in [0.29, 0.717) is 24.7 Å². The Morgan fingerprint density at radius 1 is 0.833 bits per heavy atom. The molecule has 5 aromatic rings. The maximum absolute atomic E-state index is 11.2. The number of carbonyl (C=O) groups excluding carboxylic acids is 1. The summed E-state index contributed by atoms with van der Waals surface area (Å²) in [5, 5.41) is 11.8. The fourth-order valence-corrected chi connectivity index (χ4v) is 7.12. The van der Waals surface area contributed by atoms with E-state index in [1.165, 1.54) is 54.5 Å². The molecule has 3 nitrogen and oxygen atoms in total. The molecule has 0 fully saturated rings. The van der Waals surface area contributed by atoms with Gasteiger partial charge in [-0.2, -0.15) is 0 Å². The summed E-state index contributed by atoms with van der Waals surface area (Å²) in [7, 11) is 0. The van der Waals surface area contributed by atoms with Gasteiger partial charge in [0.1, 0.15) is 0 Å². The predicted octanol–water partition coefficient (Wildman–Crippen LogP) is 12.2. The minimum absolute atomic E-state index is 0. The number of rotatable bonds is 7. The Morgan fingerprint density at radius 2 is 1.48 bits per heavy atom. The quantitative estimate of drug-likeness (QED) is 0.0989. The van der Waals surface area contributed by atoms with Gasteiger partial charge >= 0.3 is 0 Å². The maximum Gasteiger partial charge on any atom is 0.159 e. The number of aromatic nitrogens is 1. The summed E-state index contributed by atoms with van der Waals surface area (Å²) in [5.74, 6) is 0.979. The predicted molar refractivity (Wildman–Crippen MR) is 199 cm³/mol. The molecule has 1 N–H and O–H groups in total. The first-order valence-electron chi connectivity index (χ1n) is 16.6. The maximum atomic E-state index is 11.2. The molecular formula is C43H46IrNO2S-. The molecule has 0 amide bonds. The van der Waals surface area contributed by atoms with Crippen LogP contribution in [0.2, 0.25) is 0 Å². The summed E-state index contributed by atoms with van der Waals surface area (Å²) in [5.41, 5.74) is 8.73. The van der Waals surface area contributed by atoms with Gasteiger partial charge in [0.25, 0.3) is 0 Å². The molecule has 5 heteroatoms. The molecule has 251 valence electrons. The summed E-state index contributed by atoms with van der Waals surface area (Å²) < 4.78 is 0. The van der Waals surface area contributed by atoms with Crippen LogP contribution in [0.5, 0.6) is 0 Å². The zero-order valence-corrected chi connectivity index (χ0v) is 32.3. The molecule has 2 heterocycles. The van der Waals surface area contributed by atoms with Crippen molar-refractivity contribution in [3.63, 3.8) is 0 Å². The second-order valence-corrected chi connectivity index (χ2v) is 15.6. The Labute approximate surface area is 304 Å². The van der Waals surface area contributed by atoms with E-state index in [0.717, 1.165) is 17.7 Å². The second-order valence-electron chi connectivity index (χ2n) is 14.5. The molecule has 48 heavy (non-hydrogen) atoms. The molecule has 1 aliphatic rings. The topological polar surface area (TPSA) is 50.2 Å². The average Bonchev–Trinajstić information content (AvgIpc) is 3.13. The monoisotopic (exact) mass is 833 g/mol. The van der Waals surface area contributed by atoms with Crippen LogP contribution in [0.4, 0.5) is 0 Å². The first-order chi connectivity index (χ1) is 22.4. The summed E-state index contributed by atoms with van der Waals surface area (Å²) in [6.45, 7) is 14.9. The van der Waals surface area contributed by atoms with Gasteiger partial charge in [0.2, 0.25) is 0 Å². The summed E-state index contributed by atoms with van der Waals surface area (Å²) >= 11 is 1.82. The van der Waals surface area contributed by atoms with Gasteiger partial charge in [-0.25, -0.2) is 0 Å². The molecular weight excluding hydrogens is 787 g/mol. The number of pyridine rings is 1. The van der Waals surface area contributed by atoms with E-state index in [4.69, 9.17) is 4.98 Å². The van der Waals surface area contributed by atoms with Crippen molar-refractivity contribution >= 4 is 28.3 Å². The van der Waals surface area contributed by atoms with Crippen molar-refractivity contribution < 1.29 is 30.0 Å². The van der Waals surface area contributed by atoms with Crippen molar-refractivity contribution in [2.75, 3.05) is 0 Å². The largest absolute Gasteiger partial charge is 0.512 e. The molecule has 0 saturated heterocycles. The van der Waals surface area contributed by atoms with Crippen molar-refractivity contribution in [3.05, 3.63) is 115 Å². The Morgan fingerprint density at radius 3 is 2.15 bits per heavy atom. The normalized spacial score (nSPS) is 12.3. The third-order valence-electron chi connectivity index (χ3n) is 7.90. The van der Waals surface area contributed by atoms with Crippen LogP contribution in [0.25, 0.3) is 44.3 Å². The minimum atomic E-state index is 0. The third kappa shape index (κ3) is 9.56. The van der Waals surface area contributed by atoms with Crippen LogP contribution in [0.1, 0.15) is 66.9 Å². The smallest absolute Gasteiger partial charge is 0.159 e. The molecule has 0 bridgehead atoms. The molecule has 1 radical (unpaired) electrons. The number of carbonyl (C=O) groups is 1. The molecule has 0 atom stereocenters. The van der Waals surface area contributed by atoms with Gasteiger partial charge in [0.15, 0.2) is 5.78 Å². The molecule has 0 spiro atoms. The molecule has 4 aromatic carbocycles. The number of aliphatic hydroxyl groups is 1. The number of hydrogen-bond donors (Lipinski definition) is 1.